The van der Waals surface area contributed by atoms with Gasteiger partial charge in [-0.1, -0.05) is 0 Å². The third kappa shape index (κ3) is 7.75. The number of halogens is 3. The Morgan fingerprint density at radius 2 is 1.88 bits per heavy atom. The molecular weight excluding hydrogens is 343 g/mol. The van der Waals surface area contributed by atoms with Crippen LogP contribution in [-0.4, -0.2) is 52.5 Å². The molecule has 1 aromatic rings. The van der Waals surface area contributed by atoms with Gasteiger partial charge in [0.05, 0.1) is 21.3 Å². The number of imide groups is 1. The number of amides is 3. The Labute approximate surface area is 143 Å². The van der Waals surface area contributed by atoms with Crippen molar-refractivity contribution in [3.63, 3.8) is 0 Å². The number of carbonyl (C=O) groups excluding carboxylic acids is 2. The van der Waals surface area contributed by atoms with E-state index in [0.29, 0.717) is 22.9 Å². The molecule has 0 fully saturated rings. The van der Waals surface area contributed by atoms with E-state index in [0.717, 1.165) is 5.56 Å². The van der Waals surface area contributed by atoms with Gasteiger partial charge in [-0.05, 0) is 12.1 Å². The largest absolute Gasteiger partial charge is 0.497 e. The van der Waals surface area contributed by atoms with E-state index in [1.807, 2.05) is 5.32 Å². The molecule has 0 aliphatic heterocycles. The lowest BCUT2D eigenvalue weighted by molar-refractivity contribution is -0.885. The van der Waals surface area contributed by atoms with Gasteiger partial charge in [-0.2, -0.15) is 13.2 Å². The molecule has 0 aliphatic carbocycles. The van der Waals surface area contributed by atoms with Crippen LogP contribution in [0.5, 0.6) is 11.5 Å². The summed E-state index contributed by atoms with van der Waals surface area (Å²) in [5.74, 6) is 0.518. The monoisotopic (exact) mass is 364 g/mol. The second kappa shape index (κ2) is 9.11. The van der Waals surface area contributed by atoms with Crippen LogP contribution < -0.4 is 25.0 Å². The minimum atomic E-state index is -4.53. The molecule has 3 N–H and O–H groups in total. The van der Waals surface area contributed by atoms with E-state index in [4.69, 9.17) is 9.47 Å². The minimum Gasteiger partial charge on any atom is -0.497 e. The van der Waals surface area contributed by atoms with E-state index in [1.54, 1.807) is 30.6 Å². The van der Waals surface area contributed by atoms with Gasteiger partial charge in [0.2, 0.25) is 0 Å². The Balaban J connectivity index is 2.52. The van der Waals surface area contributed by atoms with Crippen LogP contribution in [0.25, 0.3) is 0 Å². The van der Waals surface area contributed by atoms with Crippen molar-refractivity contribution in [3.05, 3.63) is 23.8 Å². The summed E-state index contributed by atoms with van der Waals surface area (Å²) in [5, 5.41) is 3.42. The maximum absolute atomic E-state index is 12.0. The molecule has 0 spiro atoms. The number of ether oxygens (including phenoxy) is 2. The fourth-order valence-corrected chi connectivity index (χ4v) is 2.06. The summed E-state index contributed by atoms with van der Waals surface area (Å²) in [6, 6.07) is 4.05. The highest BCUT2D eigenvalue weighted by atomic mass is 19.4. The van der Waals surface area contributed by atoms with Gasteiger partial charge in [-0.25, -0.2) is 4.79 Å². The van der Waals surface area contributed by atoms with Gasteiger partial charge in [0, 0.05) is 11.6 Å². The van der Waals surface area contributed by atoms with Crippen molar-refractivity contribution < 1.29 is 37.1 Å². The fraction of sp³-hybridized carbons (Fsp3) is 0.467. The molecule has 1 unspecified atom stereocenters. The number of hydrogen-bond acceptors (Lipinski definition) is 4. The minimum absolute atomic E-state index is 0.103. The smallest absolute Gasteiger partial charge is 0.405 e. The highest BCUT2D eigenvalue weighted by Crippen LogP contribution is 2.23. The first-order chi connectivity index (χ1) is 11.6. The van der Waals surface area contributed by atoms with E-state index in [-0.39, 0.29) is 6.54 Å². The van der Waals surface area contributed by atoms with Crippen molar-refractivity contribution in [2.75, 3.05) is 34.4 Å². The van der Waals surface area contributed by atoms with E-state index < -0.39 is 24.7 Å². The van der Waals surface area contributed by atoms with Gasteiger partial charge in [0.15, 0.2) is 6.54 Å². The number of quaternary nitrogens is 1. The van der Waals surface area contributed by atoms with E-state index in [9.17, 15) is 22.8 Å². The number of methoxy groups -OCH3 is 2. The third-order valence-corrected chi connectivity index (χ3v) is 3.15. The second-order valence-electron chi connectivity index (χ2n) is 5.33. The molecule has 0 saturated carbocycles. The van der Waals surface area contributed by atoms with Crippen molar-refractivity contribution in [3.8, 4) is 11.5 Å². The van der Waals surface area contributed by atoms with Crippen molar-refractivity contribution in [2.24, 2.45) is 0 Å². The molecule has 0 heterocycles. The average molecular weight is 364 g/mol. The first-order valence-electron chi connectivity index (χ1n) is 7.31. The Morgan fingerprint density at radius 1 is 1.20 bits per heavy atom. The molecule has 7 nitrogen and oxygen atoms in total. The summed E-state index contributed by atoms with van der Waals surface area (Å²) in [5.41, 5.74) is 0.815. The molecule has 10 heteroatoms. The zero-order valence-electron chi connectivity index (χ0n) is 14.1. The molecule has 0 saturated heterocycles. The number of rotatable bonds is 7. The highest BCUT2D eigenvalue weighted by Gasteiger charge is 2.28. The van der Waals surface area contributed by atoms with Crippen molar-refractivity contribution in [1.29, 1.82) is 0 Å². The van der Waals surface area contributed by atoms with Crippen molar-refractivity contribution in [1.82, 2.24) is 10.6 Å². The molecule has 140 valence electrons. The summed E-state index contributed by atoms with van der Waals surface area (Å²) < 4.78 is 46.3. The predicted octanol–water partition coefficient (Wildman–Crippen LogP) is 0.107. The molecule has 0 aliphatic rings. The standard InChI is InChI=1S/C15H20F3N3O4/c1-21(7-10-4-5-11(24-2)6-12(10)25-3)8-13(22)20-14(23)19-9-15(16,17)18/h4-6H,7-9H2,1-3H3,(H2,19,20,22,23)/p+1. The first-order valence-corrected chi connectivity index (χ1v) is 7.31. The number of urea groups is 1. The molecule has 1 rings (SSSR count). The Kier molecular flexibility index (Phi) is 7.49. The fourth-order valence-electron chi connectivity index (χ4n) is 2.06. The Morgan fingerprint density at radius 3 is 2.44 bits per heavy atom. The van der Waals surface area contributed by atoms with Gasteiger partial charge < -0.3 is 19.7 Å². The molecule has 1 aromatic carbocycles. The van der Waals surface area contributed by atoms with Gasteiger partial charge >= 0.3 is 12.2 Å². The van der Waals surface area contributed by atoms with Crippen LogP contribution in [0.2, 0.25) is 0 Å². The van der Waals surface area contributed by atoms with Crippen LogP contribution in [0.4, 0.5) is 18.0 Å². The zero-order chi connectivity index (χ0) is 19.0. The number of hydrogen-bond donors (Lipinski definition) is 3. The van der Waals surface area contributed by atoms with Gasteiger partial charge in [-0.3, -0.25) is 10.1 Å². The molecule has 0 radical (unpaired) electrons. The van der Waals surface area contributed by atoms with Crippen LogP contribution in [0.15, 0.2) is 18.2 Å². The van der Waals surface area contributed by atoms with Gasteiger partial charge in [-0.15, -0.1) is 0 Å². The zero-order valence-corrected chi connectivity index (χ0v) is 14.1. The number of nitrogens with one attached hydrogen (secondary N) is 3. The maximum atomic E-state index is 12.0. The summed E-state index contributed by atoms with van der Waals surface area (Å²) >= 11 is 0. The summed E-state index contributed by atoms with van der Waals surface area (Å²) in [7, 11) is 4.74. The molecule has 1 atom stereocenters. The summed E-state index contributed by atoms with van der Waals surface area (Å²) in [6.07, 6.45) is -4.53. The summed E-state index contributed by atoms with van der Waals surface area (Å²) in [6.45, 7) is -1.20. The molecule has 0 aromatic heterocycles. The lowest BCUT2D eigenvalue weighted by atomic mass is 10.2. The number of alkyl halides is 3. The quantitative estimate of drug-likeness (QED) is 0.641. The SMILES string of the molecule is COc1ccc(C[NH+](C)CC(=O)NC(=O)NCC(F)(F)F)c(OC)c1. The Hall–Kier alpha value is -2.49. The Bertz CT molecular complexity index is 608. The molecule has 3 amide bonds. The van der Waals surface area contributed by atoms with Crippen LogP contribution >= 0.6 is 0 Å². The van der Waals surface area contributed by atoms with Crippen LogP contribution in [-0.2, 0) is 11.3 Å². The lowest BCUT2D eigenvalue weighted by Gasteiger charge is -2.16. The molecular formula is C15H21F3N3O4+. The molecule has 0 bridgehead atoms. The number of carbonyl (C=O) groups is 2. The average Bonchev–Trinajstić information content (AvgIpc) is 2.52. The number of likely N-dealkylation sites (N-methyl/N-ethyl adjacent to an activating group) is 1. The van der Waals surface area contributed by atoms with Gasteiger partial charge in [0.1, 0.15) is 24.6 Å². The maximum Gasteiger partial charge on any atom is 0.405 e. The predicted molar refractivity (Wildman–Crippen MR) is 82.6 cm³/mol. The topological polar surface area (TPSA) is 81.1 Å². The van der Waals surface area contributed by atoms with Crippen LogP contribution in [0, 0.1) is 0 Å². The van der Waals surface area contributed by atoms with E-state index >= 15 is 0 Å². The van der Waals surface area contributed by atoms with E-state index in [2.05, 4.69) is 0 Å². The normalized spacial score (nSPS) is 12.2. The highest BCUT2D eigenvalue weighted by molar-refractivity contribution is 5.94. The third-order valence-electron chi connectivity index (χ3n) is 3.15. The van der Waals surface area contributed by atoms with Crippen LogP contribution in [0.1, 0.15) is 5.56 Å². The lowest BCUT2D eigenvalue weighted by Crippen LogP contribution is -3.09. The van der Waals surface area contributed by atoms with Crippen LogP contribution in [0.3, 0.4) is 0 Å². The van der Waals surface area contributed by atoms with Crippen molar-refractivity contribution >= 4 is 11.9 Å². The summed E-state index contributed by atoms with van der Waals surface area (Å²) in [4.78, 5) is 23.6. The number of benzene rings is 1. The second-order valence-corrected chi connectivity index (χ2v) is 5.33. The first kappa shape index (κ1) is 20.6. The molecule has 25 heavy (non-hydrogen) atoms. The van der Waals surface area contributed by atoms with E-state index in [1.165, 1.54) is 14.2 Å². The van der Waals surface area contributed by atoms with Crippen molar-refractivity contribution in [2.45, 2.75) is 12.7 Å². The van der Waals surface area contributed by atoms with Gasteiger partial charge in [0.25, 0.3) is 5.91 Å².